The quantitative estimate of drug-likeness (QED) is 0.334. The number of aromatic nitrogens is 2. The maximum absolute atomic E-state index is 12.3. The van der Waals surface area contributed by atoms with E-state index < -0.39 is 0 Å². The van der Waals surface area contributed by atoms with E-state index in [4.69, 9.17) is 11.2 Å². The van der Waals surface area contributed by atoms with Gasteiger partial charge in [-0.05, 0) is 0 Å². The number of ether oxygens (including phenoxy) is 1. The van der Waals surface area contributed by atoms with Gasteiger partial charge in [0.05, 0.1) is 14.1 Å². The molecule has 1 atom stereocenters. The second kappa shape index (κ2) is 7.51. The highest BCUT2D eigenvalue weighted by molar-refractivity contribution is 6.56. The largest absolute Gasteiger partial charge is 0.455 e. The number of carbonyl (C=O) groups excluding carboxylic acids is 1. The van der Waals surface area contributed by atoms with Crippen molar-refractivity contribution in [3.05, 3.63) is 48.3 Å². The van der Waals surface area contributed by atoms with Crippen LogP contribution in [0.25, 0.3) is 0 Å². The van der Waals surface area contributed by atoms with Crippen LogP contribution in [-0.2, 0) is 30.0 Å². The molecule has 0 aliphatic rings. The van der Waals surface area contributed by atoms with E-state index in [2.05, 4.69) is 5.92 Å². The van der Waals surface area contributed by atoms with E-state index in [1.165, 1.54) is 0 Å². The third-order valence-corrected chi connectivity index (χ3v) is 3.49. The topological polar surface area (TPSA) is 35.1 Å². The minimum absolute atomic E-state index is 0.00275. The molecular formula is C17H19BN2O2. The Morgan fingerprint density at radius 1 is 1.45 bits per heavy atom. The highest BCUT2D eigenvalue weighted by atomic mass is 16.5. The van der Waals surface area contributed by atoms with Gasteiger partial charge in [0.1, 0.15) is 12.4 Å². The van der Waals surface area contributed by atoms with Gasteiger partial charge in [-0.3, -0.25) is 13.9 Å². The van der Waals surface area contributed by atoms with Gasteiger partial charge in [0.15, 0.2) is 6.61 Å². The maximum atomic E-state index is 12.3. The third-order valence-electron chi connectivity index (χ3n) is 3.49. The van der Waals surface area contributed by atoms with Crippen molar-refractivity contribution in [1.29, 1.82) is 0 Å². The average Bonchev–Trinajstić information content (AvgIpc) is 2.84. The van der Waals surface area contributed by atoms with Crippen LogP contribution < -0.4 is 10.3 Å². The Morgan fingerprint density at radius 2 is 2.18 bits per heavy atom. The summed E-state index contributed by atoms with van der Waals surface area (Å²) in [5.74, 6) is 1.65. The van der Waals surface area contributed by atoms with Crippen LogP contribution in [0, 0.1) is 12.3 Å². The van der Waals surface area contributed by atoms with Crippen molar-refractivity contribution in [2.45, 2.75) is 12.2 Å². The summed E-state index contributed by atoms with van der Waals surface area (Å²) in [5.41, 5.74) is 2.02. The first-order chi connectivity index (χ1) is 10.6. The summed E-state index contributed by atoms with van der Waals surface area (Å²) in [4.78, 5) is 12.3. The first-order valence-corrected chi connectivity index (χ1v) is 7.11. The molecule has 0 aliphatic heterocycles. The molecule has 5 heteroatoms. The van der Waals surface area contributed by atoms with Gasteiger partial charge in [-0.15, -0.1) is 12.2 Å². The molecule has 1 aromatic carbocycles. The lowest BCUT2D eigenvalue weighted by Crippen LogP contribution is -2.51. The van der Waals surface area contributed by atoms with Gasteiger partial charge in [-0.25, -0.2) is 0 Å². The van der Waals surface area contributed by atoms with Crippen molar-refractivity contribution in [1.82, 2.24) is 4.57 Å². The Kier molecular flexibility index (Phi) is 5.43. The lowest BCUT2D eigenvalue weighted by molar-refractivity contribution is -0.653. The molecule has 0 N–H and O–H groups in total. The molecule has 0 aliphatic carbocycles. The van der Waals surface area contributed by atoms with Gasteiger partial charge < -0.3 is 4.74 Å². The van der Waals surface area contributed by atoms with Crippen LogP contribution >= 0.6 is 0 Å². The number of hydrogen-bond donors (Lipinski definition) is 0. The summed E-state index contributed by atoms with van der Waals surface area (Å²) in [6.45, 7) is -0.00275. The molecule has 1 aromatic heterocycles. The first-order valence-electron chi connectivity index (χ1n) is 7.11. The number of aryl methyl sites for hydroxylation is 2. The van der Waals surface area contributed by atoms with Crippen LogP contribution in [0.3, 0.4) is 0 Å². The summed E-state index contributed by atoms with van der Waals surface area (Å²) < 4.78 is 9.06. The number of nitrogens with zero attached hydrogens (tertiary/aromatic N) is 2. The molecule has 0 amide bonds. The molecule has 0 fully saturated rings. The fourth-order valence-corrected chi connectivity index (χ4v) is 2.31. The molecule has 0 bridgehead atoms. The normalized spacial score (nSPS) is 11.7. The zero-order valence-electron chi connectivity index (χ0n) is 12.9. The first kappa shape index (κ1) is 15.9. The van der Waals surface area contributed by atoms with Gasteiger partial charge in [0.25, 0.3) is 5.97 Å². The molecule has 112 valence electrons. The molecule has 0 spiro atoms. The monoisotopic (exact) mass is 294 g/mol. The van der Waals surface area contributed by atoms with E-state index in [0.717, 1.165) is 11.3 Å². The number of terminal acetylenes is 1. The highest BCUT2D eigenvalue weighted by Gasteiger charge is 2.15. The second-order valence-electron chi connectivity index (χ2n) is 5.15. The fourth-order valence-electron chi connectivity index (χ4n) is 2.31. The van der Waals surface area contributed by atoms with Gasteiger partial charge in [0, 0.05) is 5.72 Å². The summed E-state index contributed by atoms with van der Waals surface area (Å²) in [6, 6.07) is 9.88. The SMILES string of the molecule is C#CCOC(=O)C([B-]c1n(C)cc[n+]1C)Cc1ccccc1. The van der Waals surface area contributed by atoms with Gasteiger partial charge >= 0.3 is 0 Å². The molecule has 1 heterocycles. The lowest BCUT2D eigenvalue weighted by Gasteiger charge is -2.24. The molecule has 4 nitrogen and oxygen atoms in total. The third kappa shape index (κ3) is 4.01. The molecule has 2 aromatic rings. The Balaban J connectivity index is 2.18. The smallest absolute Gasteiger partial charge is 0.269 e. The van der Waals surface area contributed by atoms with Crippen LogP contribution in [0.2, 0.25) is 5.82 Å². The second-order valence-corrected chi connectivity index (χ2v) is 5.15. The highest BCUT2D eigenvalue weighted by Crippen LogP contribution is 2.14. The minimum Gasteiger partial charge on any atom is -0.455 e. The van der Waals surface area contributed by atoms with Crippen LogP contribution in [0.4, 0.5) is 0 Å². The van der Waals surface area contributed by atoms with E-state index in [9.17, 15) is 4.79 Å². The summed E-state index contributed by atoms with van der Waals surface area (Å²) in [7, 11) is 5.81. The van der Waals surface area contributed by atoms with Crippen LogP contribution in [0.5, 0.6) is 0 Å². The van der Waals surface area contributed by atoms with Crippen molar-refractivity contribution in [3.63, 3.8) is 0 Å². The predicted octanol–water partition coefficient (Wildman–Crippen LogP) is 0.387. The Morgan fingerprint density at radius 3 is 2.77 bits per heavy atom. The maximum Gasteiger partial charge on any atom is 0.269 e. The number of hydrogen-bond acceptors (Lipinski definition) is 2. The van der Waals surface area contributed by atoms with E-state index in [0.29, 0.717) is 6.42 Å². The number of carbonyl (C=O) groups is 1. The van der Waals surface area contributed by atoms with Gasteiger partial charge in [0.2, 0.25) is 0 Å². The van der Waals surface area contributed by atoms with Gasteiger partial charge in [-0.2, -0.15) is 7.28 Å². The van der Waals surface area contributed by atoms with Crippen molar-refractivity contribution in [2.75, 3.05) is 6.61 Å². The molecule has 2 rings (SSSR count). The van der Waals surface area contributed by atoms with E-state index in [1.807, 2.05) is 73.2 Å². The van der Waals surface area contributed by atoms with Gasteiger partial charge in [-0.1, -0.05) is 48.2 Å². The van der Waals surface area contributed by atoms with E-state index in [-0.39, 0.29) is 18.4 Å². The summed E-state index contributed by atoms with van der Waals surface area (Å²) in [5, 5.41) is 0. The molecule has 0 saturated heterocycles. The Hall–Kier alpha value is -2.48. The van der Waals surface area contributed by atoms with Crippen molar-refractivity contribution in [2.24, 2.45) is 14.1 Å². The average molecular weight is 294 g/mol. The van der Waals surface area contributed by atoms with Crippen LogP contribution in [-0.4, -0.2) is 24.4 Å². The number of esters is 1. The van der Waals surface area contributed by atoms with E-state index >= 15 is 0 Å². The zero-order valence-corrected chi connectivity index (χ0v) is 12.9. The Labute approximate surface area is 132 Å². The van der Waals surface area contributed by atoms with Crippen LogP contribution in [0.1, 0.15) is 5.56 Å². The summed E-state index contributed by atoms with van der Waals surface area (Å²) in [6.07, 6.45) is 9.63. The lowest BCUT2D eigenvalue weighted by atomic mass is 9.61. The van der Waals surface area contributed by atoms with Crippen molar-refractivity contribution >= 4 is 19.0 Å². The predicted molar refractivity (Wildman–Crippen MR) is 85.7 cm³/mol. The zero-order chi connectivity index (χ0) is 15.9. The molecule has 0 saturated carbocycles. The Bertz CT molecular complexity index is 654. The van der Waals surface area contributed by atoms with E-state index in [1.54, 1.807) is 0 Å². The molecular weight excluding hydrogens is 275 g/mol. The number of rotatable bonds is 6. The van der Waals surface area contributed by atoms with Crippen molar-refractivity contribution in [3.8, 4) is 12.3 Å². The summed E-state index contributed by atoms with van der Waals surface area (Å²) >= 11 is 0. The number of benzene rings is 1. The molecule has 1 unspecified atom stereocenters. The van der Waals surface area contributed by atoms with Crippen LogP contribution in [0.15, 0.2) is 42.7 Å². The molecule has 22 heavy (non-hydrogen) atoms. The van der Waals surface area contributed by atoms with Crippen molar-refractivity contribution < 1.29 is 14.1 Å². The fraction of sp³-hybridized carbons (Fsp3) is 0.294. The molecule has 2 radical (unpaired) electrons. The minimum atomic E-state index is -0.379. The number of imidazole rings is 1. The standard InChI is InChI=1S/C17H19BN2O2/c1-4-12-22-16(21)15(13-14-8-6-5-7-9-14)18-17-19(2)10-11-20(17)3/h1,5-11,15H,12-13H2,2-3H3.